The Morgan fingerprint density at radius 2 is 2.06 bits per heavy atom. The fourth-order valence-corrected chi connectivity index (χ4v) is 1.24. The van der Waals surface area contributed by atoms with Gasteiger partial charge in [-0.25, -0.2) is 5.43 Å². The molecule has 3 nitrogen and oxygen atoms in total. The summed E-state index contributed by atoms with van der Waals surface area (Å²) >= 11 is 11.5. The Morgan fingerprint density at radius 1 is 1.38 bits per heavy atom. The van der Waals surface area contributed by atoms with E-state index in [1.54, 1.807) is 18.3 Å². The molecule has 0 saturated carbocycles. The Kier molecular flexibility index (Phi) is 4.77. The normalized spacial score (nSPS) is 11.1. The summed E-state index contributed by atoms with van der Waals surface area (Å²) in [6, 6.07) is 4.67. The maximum absolute atomic E-state index is 11.6. The maximum atomic E-state index is 11.6. The number of hydrogen-bond donors (Lipinski definition) is 1. The van der Waals surface area contributed by atoms with Crippen LogP contribution in [0.5, 0.6) is 0 Å². The van der Waals surface area contributed by atoms with Crippen LogP contribution in [0.15, 0.2) is 23.3 Å². The van der Waals surface area contributed by atoms with Crippen LogP contribution < -0.4 is 5.43 Å². The van der Waals surface area contributed by atoms with Gasteiger partial charge in [-0.3, -0.25) is 4.79 Å². The standard InChI is InChI=1S/C11H12Cl2N2O/c1-7(2)6-14-15-11(16)8-3-4-9(12)10(13)5-8/h3-7H,1-2H3,(H,15,16)/b14-6+. The molecule has 0 aliphatic rings. The Labute approximate surface area is 104 Å². The minimum Gasteiger partial charge on any atom is -0.267 e. The number of hydrazone groups is 1. The molecule has 0 fully saturated rings. The Balaban J connectivity index is 2.70. The van der Waals surface area contributed by atoms with E-state index >= 15 is 0 Å². The summed E-state index contributed by atoms with van der Waals surface area (Å²) in [4.78, 5) is 11.6. The molecule has 1 amide bonds. The first kappa shape index (κ1) is 13.0. The lowest BCUT2D eigenvalue weighted by Gasteiger charge is -2.02. The SMILES string of the molecule is CC(C)/C=N/NC(=O)c1ccc(Cl)c(Cl)c1. The Morgan fingerprint density at radius 3 is 2.62 bits per heavy atom. The van der Waals surface area contributed by atoms with E-state index < -0.39 is 0 Å². The summed E-state index contributed by atoms with van der Waals surface area (Å²) in [7, 11) is 0. The van der Waals surface area contributed by atoms with Crippen molar-refractivity contribution in [2.45, 2.75) is 13.8 Å². The summed E-state index contributed by atoms with van der Waals surface area (Å²) in [5, 5.41) is 4.57. The zero-order valence-electron chi connectivity index (χ0n) is 9.00. The molecule has 0 aliphatic heterocycles. The lowest BCUT2D eigenvalue weighted by molar-refractivity contribution is 0.0955. The highest BCUT2D eigenvalue weighted by Gasteiger charge is 2.06. The molecule has 0 aliphatic carbocycles. The number of rotatable bonds is 3. The molecular formula is C11H12Cl2N2O. The van der Waals surface area contributed by atoms with E-state index in [0.29, 0.717) is 15.6 Å². The molecule has 0 saturated heterocycles. The molecule has 0 aromatic heterocycles. The molecule has 0 unspecified atom stereocenters. The number of benzene rings is 1. The molecule has 1 aromatic carbocycles. The number of carbonyl (C=O) groups excluding carboxylic acids is 1. The monoisotopic (exact) mass is 258 g/mol. The Hall–Kier alpha value is -1.06. The molecule has 0 atom stereocenters. The number of nitrogens with zero attached hydrogens (tertiary/aromatic N) is 1. The lowest BCUT2D eigenvalue weighted by Crippen LogP contribution is -2.17. The first-order valence-electron chi connectivity index (χ1n) is 4.79. The first-order valence-corrected chi connectivity index (χ1v) is 5.55. The van der Waals surface area contributed by atoms with E-state index in [1.807, 2.05) is 13.8 Å². The van der Waals surface area contributed by atoms with Gasteiger partial charge in [-0.2, -0.15) is 5.10 Å². The highest BCUT2D eigenvalue weighted by Crippen LogP contribution is 2.22. The first-order chi connectivity index (χ1) is 7.50. The minimum absolute atomic E-state index is 0.286. The van der Waals surface area contributed by atoms with E-state index in [1.165, 1.54) is 6.07 Å². The van der Waals surface area contributed by atoms with Crippen molar-refractivity contribution in [1.82, 2.24) is 5.43 Å². The van der Waals surface area contributed by atoms with Crippen LogP contribution in [0.25, 0.3) is 0 Å². The van der Waals surface area contributed by atoms with Crippen molar-refractivity contribution in [2.24, 2.45) is 11.0 Å². The van der Waals surface area contributed by atoms with Crippen molar-refractivity contribution >= 4 is 35.3 Å². The van der Waals surface area contributed by atoms with Gasteiger partial charge >= 0.3 is 0 Å². The highest BCUT2D eigenvalue weighted by atomic mass is 35.5. The zero-order chi connectivity index (χ0) is 12.1. The topological polar surface area (TPSA) is 41.5 Å². The number of amides is 1. The van der Waals surface area contributed by atoms with Crippen LogP contribution >= 0.6 is 23.2 Å². The third-order valence-electron chi connectivity index (χ3n) is 1.72. The number of hydrogen-bond acceptors (Lipinski definition) is 2. The minimum atomic E-state index is -0.310. The van der Waals surface area contributed by atoms with Crippen molar-refractivity contribution in [3.05, 3.63) is 33.8 Å². The van der Waals surface area contributed by atoms with Crippen LogP contribution in [0.1, 0.15) is 24.2 Å². The van der Waals surface area contributed by atoms with Gasteiger partial charge in [0.15, 0.2) is 0 Å². The number of halogens is 2. The van der Waals surface area contributed by atoms with E-state index in [9.17, 15) is 4.79 Å². The second-order valence-electron chi connectivity index (χ2n) is 3.59. The average Bonchev–Trinajstić information content (AvgIpc) is 2.21. The summed E-state index contributed by atoms with van der Waals surface area (Å²) in [6.45, 7) is 3.93. The highest BCUT2D eigenvalue weighted by molar-refractivity contribution is 6.42. The van der Waals surface area contributed by atoms with E-state index in [0.717, 1.165) is 0 Å². The third-order valence-corrected chi connectivity index (χ3v) is 2.46. The van der Waals surface area contributed by atoms with Gasteiger partial charge in [0.05, 0.1) is 10.0 Å². The van der Waals surface area contributed by atoms with Gasteiger partial charge in [-0.15, -0.1) is 0 Å². The van der Waals surface area contributed by atoms with Gasteiger partial charge in [0.25, 0.3) is 5.91 Å². The molecule has 1 N–H and O–H groups in total. The number of carbonyl (C=O) groups is 1. The van der Waals surface area contributed by atoms with Gasteiger partial charge in [0.1, 0.15) is 0 Å². The van der Waals surface area contributed by atoms with Crippen LogP contribution in [-0.4, -0.2) is 12.1 Å². The molecular weight excluding hydrogens is 247 g/mol. The van der Waals surface area contributed by atoms with Crippen molar-refractivity contribution in [3.63, 3.8) is 0 Å². The lowest BCUT2D eigenvalue weighted by atomic mass is 10.2. The summed E-state index contributed by atoms with van der Waals surface area (Å²) in [5.41, 5.74) is 2.83. The molecule has 0 heterocycles. The molecule has 0 radical (unpaired) electrons. The third kappa shape index (κ3) is 3.83. The summed E-state index contributed by atoms with van der Waals surface area (Å²) in [6.07, 6.45) is 1.65. The predicted octanol–water partition coefficient (Wildman–Crippen LogP) is 3.37. The smallest absolute Gasteiger partial charge is 0.267 e. The van der Waals surface area contributed by atoms with Crippen LogP contribution in [0.4, 0.5) is 0 Å². The molecule has 5 heteroatoms. The van der Waals surface area contributed by atoms with Crippen LogP contribution in [-0.2, 0) is 0 Å². The van der Waals surface area contributed by atoms with Gasteiger partial charge in [-0.05, 0) is 24.1 Å². The van der Waals surface area contributed by atoms with Crippen LogP contribution in [0, 0.1) is 5.92 Å². The fraction of sp³-hybridized carbons (Fsp3) is 0.273. The molecule has 16 heavy (non-hydrogen) atoms. The second kappa shape index (κ2) is 5.87. The summed E-state index contributed by atoms with van der Waals surface area (Å²) < 4.78 is 0. The van der Waals surface area contributed by atoms with Crippen molar-refractivity contribution < 1.29 is 4.79 Å². The predicted molar refractivity (Wildman–Crippen MR) is 67.3 cm³/mol. The van der Waals surface area contributed by atoms with Crippen LogP contribution in [0.2, 0.25) is 10.0 Å². The van der Waals surface area contributed by atoms with Gasteiger partial charge < -0.3 is 0 Å². The quantitative estimate of drug-likeness (QED) is 0.656. The van der Waals surface area contributed by atoms with E-state index in [-0.39, 0.29) is 11.8 Å². The van der Waals surface area contributed by atoms with Crippen LogP contribution in [0.3, 0.4) is 0 Å². The molecule has 1 aromatic rings. The number of nitrogens with one attached hydrogen (secondary N) is 1. The van der Waals surface area contributed by atoms with Crippen molar-refractivity contribution in [2.75, 3.05) is 0 Å². The Bertz CT molecular complexity index is 416. The fourth-order valence-electron chi connectivity index (χ4n) is 0.947. The molecule has 0 bridgehead atoms. The maximum Gasteiger partial charge on any atom is 0.271 e. The van der Waals surface area contributed by atoms with Gasteiger partial charge in [0.2, 0.25) is 0 Å². The van der Waals surface area contributed by atoms with Crippen molar-refractivity contribution in [1.29, 1.82) is 0 Å². The van der Waals surface area contributed by atoms with E-state index in [4.69, 9.17) is 23.2 Å². The van der Waals surface area contributed by atoms with E-state index in [2.05, 4.69) is 10.5 Å². The molecule has 0 spiro atoms. The second-order valence-corrected chi connectivity index (χ2v) is 4.41. The molecule has 1 rings (SSSR count). The largest absolute Gasteiger partial charge is 0.271 e. The molecule has 86 valence electrons. The average molecular weight is 259 g/mol. The van der Waals surface area contributed by atoms with Gasteiger partial charge in [0, 0.05) is 11.8 Å². The van der Waals surface area contributed by atoms with Crippen molar-refractivity contribution in [3.8, 4) is 0 Å². The van der Waals surface area contributed by atoms with Gasteiger partial charge in [-0.1, -0.05) is 37.0 Å². The zero-order valence-corrected chi connectivity index (χ0v) is 10.5. The summed E-state index contributed by atoms with van der Waals surface area (Å²) in [5.74, 6) is -0.0235.